The molecule has 2 aromatic heterocycles. The zero-order chi connectivity index (χ0) is 13.1. The molecule has 1 aromatic carbocycles. The van der Waals surface area contributed by atoms with Gasteiger partial charge in [0, 0.05) is 5.39 Å². The van der Waals surface area contributed by atoms with Crippen LogP contribution in [0.2, 0.25) is 0 Å². The van der Waals surface area contributed by atoms with E-state index in [4.69, 9.17) is 13.6 Å². The first-order valence-electron chi connectivity index (χ1n) is 5.95. The zero-order valence-corrected chi connectivity index (χ0v) is 10.2. The Labute approximate surface area is 109 Å². The monoisotopic (exact) mass is 256 g/mol. The van der Waals surface area contributed by atoms with Crippen molar-refractivity contribution in [1.82, 2.24) is 0 Å². The second-order valence-corrected chi connectivity index (χ2v) is 4.14. The summed E-state index contributed by atoms with van der Waals surface area (Å²) in [5.41, 5.74) is 0.705. The SMILES string of the molecule is O=C(COCc1ccco1)c1cc2ccccc2o1. The number of carbonyl (C=O) groups is 1. The van der Waals surface area contributed by atoms with Gasteiger partial charge in [-0.25, -0.2) is 0 Å². The van der Waals surface area contributed by atoms with Crippen molar-refractivity contribution in [2.24, 2.45) is 0 Å². The summed E-state index contributed by atoms with van der Waals surface area (Å²) in [6, 6.07) is 12.8. The van der Waals surface area contributed by atoms with Gasteiger partial charge in [0.25, 0.3) is 0 Å². The van der Waals surface area contributed by atoms with E-state index in [1.807, 2.05) is 24.3 Å². The Morgan fingerprint density at radius 3 is 2.84 bits per heavy atom. The van der Waals surface area contributed by atoms with Crippen molar-refractivity contribution in [3.05, 3.63) is 60.2 Å². The molecule has 0 N–H and O–H groups in total. The molecule has 0 bridgehead atoms. The molecular formula is C15H12O4. The van der Waals surface area contributed by atoms with E-state index in [2.05, 4.69) is 0 Å². The van der Waals surface area contributed by atoms with E-state index in [9.17, 15) is 4.79 Å². The summed E-state index contributed by atoms with van der Waals surface area (Å²) in [7, 11) is 0. The Hall–Kier alpha value is -2.33. The second kappa shape index (κ2) is 5.12. The minimum atomic E-state index is -0.178. The molecule has 2 heterocycles. The summed E-state index contributed by atoms with van der Waals surface area (Å²) in [6.45, 7) is 0.249. The fraction of sp³-hybridized carbons (Fsp3) is 0.133. The third-order valence-electron chi connectivity index (χ3n) is 2.76. The smallest absolute Gasteiger partial charge is 0.223 e. The van der Waals surface area contributed by atoms with Crippen LogP contribution in [0.25, 0.3) is 11.0 Å². The van der Waals surface area contributed by atoms with Crippen LogP contribution >= 0.6 is 0 Å². The maximum Gasteiger partial charge on any atom is 0.223 e. The van der Waals surface area contributed by atoms with Crippen LogP contribution in [0, 0.1) is 0 Å². The Morgan fingerprint density at radius 1 is 1.16 bits per heavy atom. The first kappa shape index (κ1) is 11.7. The average molecular weight is 256 g/mol. The molecule has 3 rings (SSSR count). The Morgan fingerprint density at radius 2 is 2.05 bits per heavy atom. The normalized spacial score (nSPS) is 10.9. The van der Waals surface area contributed by atoms with Gasteiger partial charge in [-0.3, -0.25) is 4.79 Å². The number of Topliss-reactive ketones (excluding diaryl/α,β-unsaturated/α-hetero) is 1. The van der Waals surface area contributed by atoms with Crippen LogP contribution in [-0.2, 0) is 11.3 Å². The van der Waals surface area contributed by atoms with E-state index < -0.39 is 0 Å². The van der Waals surface area contributed by atoms with Gasteiger partial charge in [-0.05, 0) is 24.3 Å². The highest BCUT2D eigenvalue weighted by Crippen LogP contribution is 2.19. The number of ketones is 1. The van der Waals surface area contributed by atoms with Gasteiger partial charge in [0.05, 0.1) is 6.26 Å². The number of fused-ring (bicyclic) bond motifs is 1. The van der Waals surface area contributed by atoms with Gasteiger partial charge in [0.15, 0.2) is 5.76 Å². The van der Waals surface area contributed by atoms with Gasteiger partial charge >= 0.3 is 0 Å². The average Bonchev–Trinajstić information content (AvgIpc) is 3.07. The number of hydrogen-bond acceptors (Lipinski definition) is 4. The largest absolute Gasteiger partial charge is 0.467 e. The highest BCUT2D eigenvalue weighted by Gasteiger charge is 2.12. The van der Waals surface area contributed by atoms with Crippen LogP contribution in [0.1, 0.15) is 16.3 Å². The number of benzene rings is 1. The van der Waals surface area contributed by atoms with Crippen molar-refractivity contribution < 1.29 is 18.4 Å². The third kappa shape index (κ3) is 2.58. The lowest BCUT2D eigenvalue weighted by Crippen LogP contribution is -2.07. The molecule has 0 amide bonds. The number of hydrogen-bond donors (Lipinski definition) is 0. The Bertz CT molecular complexity index is 646. The molecule has 0 atom stereocenters. The van der Waals surface area contributed by atoms with Crippen molar-refractivity contribution in [1.29, 1.82) is 0 Å². The number of ether oxygens (including phenoxy) is 1. The van der Waals surface area contributed by atoms with Crippen LogP contribution in [0.4, 0.5) is 0 Å². The third-order valence-corrected chi connectivity index (χ3v) is 2.76. The Balaban J connectivity index is 1.63. The molecule has 0 aliphatic heterocycles. The van der Waals surface area contributed by atoms with E-state index in [-0.39, 0.29) is 19.0 Å². The first-order valence-corrected chi connectivity index (χ1v) is 5.95. The van der Waals surface area contributed by atoms with Crippen molar-refractivity contribution in [2.45, 2.75) is 6.61 Å². The lowest BCUT2D eigenvalue weighted by molar-refractivity contribution is 0.0668. The topological polar surface area (TPSA) is 52.6 Å². The molecule has 0 spiro atoms. The van der Waals surface area contributed by atoms with Crippen LogP contribution in [-0.4, -0.2) is 12.4 Å². The lowest BCUT2D eigenvalue weighted by Gasteiger charge is -1.99. The number of furan rings is 2. The number of para-hydroxylation sites is 1. The first-order chi connectivity index (χ1) is 9.33. The molecule has 4 nitrogen and oxygen atoms in total. The lowest BCUT2D eigenvalue weighted by atomic mass is 10.2. The van der Waals surface area contributed by atoms with Crippen LogP contribution < -0.4 is 0 Å². The second-order valence-electron chi connectivity index (χ2n) is 4.14. The number of carbonyl (C=O) groups excluding carboxylic acids is 1. The minimum Gasteiger partial charge on any atom is -0.467 e. The van der Waals surface area contributed by atoms with Crippen molar-refractivity contribution in [2.75, 3.05) is 6.61 Å². The molecule has 0 aliphatic rings. The molecule has 19 heavy (non-hydrogen) atoms. The van der Waals surface area contributed by atoms with Gasteiger partial charge in [0.1, 0.15) is 24.6 Å². The van der Waals surface area contributed by atoms with Crippen LogP contribution in [0.3, 0.4) is 0 Å². The minimum absolute atomic E-state index is 0.0273. The molecule has 0 saturated carbocycles. The zero-order valence-electron chi connectivity index (χ0n) is 10.2. The fourth-order valence-electron chi connectivity index (χ4n) is 1.83. The molecule has 0 unspecified atom stereocenters. The van der Waals surface area contributed by atoms with Crippen molar-refractivity contribution >= 4 is 16.8 Å². The summed E-state index contributed by atoms with van der Waals surface area (Å²) >= 11 is 0. The van der Waals surface area contributed by atoms with E-state index in [1.165, 1.54) is 0 Å². The maximum absolute atomic E-state index is 11.9. The van der Waals surface area contributed by atoms with Crippen LogP contribution in [0.5, 0.6) is 0 Å². The maximum atomic E-state index is 11.9. The van der Waals surface area contributed by atoms with Gasteiger partial charge in [-0.2, -0.15) is 0 Å². The van der Waals surface area contributed by atoms with E-state index in [1.54, 1.807) is 24.5 Å². The van der Waals surface area contributed by atoms with Gasteiger partial charge in [-0.15, -0.1) is 0 Å². The summed E-state index contributed by atoms with van der Waals surface area (Å²) in [4.78, 5) is 11.9. The molecule has 0 radical (unpaired) electrons. The van der Waals surface area contributed by atoms with Gasteiger partial charge < -0.3 is 13.6 Å². The summed E-state index contributed by atoms with van der Waals surface area (Å²) in [5.74, 6) is 0.834. The highest BCUT2D eigenvalue weighted by atomic mass is 16.5. The quantitative estimate of drug-likeness (QED) is 0.656. The summed E-state index contributed by atoms with van der Waals surface area (Å²) < 4.78 is 15.9. The van der Waals surface area contributed by atoms with Crippen LogP contribution in [0.15, 0.2) is 57.6 Å². The Kier molecular flexibility index (Phi) is 3.16. The van der Waals surface area contributed by atoms with Gasteiger partial charge in [-0.1, -0.05) is 18.2 Å². The molecular weight excluding hydrogens is 244 g/mol. The van der Waals surface area contributed by atoms with Crippen molar-refractivity contribution in [3.63, 3.8) is 0 Å². The molecule has 3 aromatic rings. The predicted octanol–water partition coefficient (Wildman–Crippen LogP) is 3.43. The fourth-order valence-corrected chi connectivity index (χ4v) is 1.83. The number of rotatable bonds is 5. The molecule has 96 valence electrons. The highest BCUT2D eigenvalue weighted by molar-refractivity contribution is 5.98. The van der Waals surface area contributed by atoms with E-state index in [0.29, 0.717) is 17.1 Å². The molecule has 4 heteroatoms. The van der Waals surface area contributed by atoms with E-state index in [0.717, 1.165) is 5.39 Å². The molecule has 0 saturated heterocycles. The summed E-state index contributed by atoms with van der Waals surface area (Å²) in [6.07, 6.45) is 1.57. The summed E-state index contributed by atoms with van der Waals surface area (Å²) in [5, 5.41) is 0.914. The standard InChI is InChI=1S/C15H12O4/c16-13(10-17-9-12-5-3-7-18-12)15-8-11-4-1-2-6-14(11)19-15/h1-8H,9-10H2. The molecule has 0 aliphatic carbocycles. The van der Waals surface area contributed by atoms with Crippen molar-refractivity contribution in [3.8, 4) is 0 Å². The van der Waals surface area contributed by atoms with Gasteiger partial charge in [0.2, 0.25) is 5.78 Å². The molecule has 0 fully saturated rings. The van der Waals surface area contributed by atoms with E-state index >= 15 is 0 Å². The predicted molar refractivity (Wildman–Crippen MR) is 68.9 cm³/mol.